The van der Waals surface area contributed by atoms with Gasteiger partial charge in [-0.05, 0) is 19.1 Å². The first-order valence-electron chi connectivity index (χ1n) is 6.70. The first-order chi connectivity index (χ1) is 10.5. The lowest BCUT2D eigenvalue weighted by Crippen LogP contribution is -2.30. The molecule has 2 heterocycles. The monoisotopic (exact) mass is 314 g/mol. The fraction of sp³-hybridized carbons (Fsp3) is 0.200. The molecule has 0 atom stereocenters. The van der Waals surface area contributed by atoms with Crippen molar-refractivity contribution in [1.82, 2.24) is 19.9 Å². The number of aromatic nitrogens is 3. The van der Waals surface area contributed by atoms with Gasteiger partial charge in [-0.2, -0.15) is 0 Å². The number of aromatic amines is 1. The second kappa shape index (κ2) is 5.69. The number of nitrogens with one attached hydrogen (secondary N) is 1. The summed E-state index contributed by atoms with van der Waals surface area (Å²) in [6.07, 6.45) is 0. The fourth-order valence-electron chi connectivity index (χ4n) is 2.16. The predicted molar refractivity (Wildman–Crippen MR) is 85.0 cm³/mol. The molecular weight excluding hydrogens is 300 g/mol. The highest BCUT2D eigenvalue weighted by atomic mass is 32.1. The van der Waals surface area contributed by atoms with E-state index in [2.05, 4.69) is 15.0 Å². The van der Waals surface area contributed by atoms with E-state index in [0.717, 1.165) is 10.7 Å². The molecule has 0 saturated carbocycles. The Labute approximate surface area is 130 Å². The second-order valence-electron chi connectivity index (χ2n) is 4.95. The zero-order valence-electron chi connectivity index (χ0n) is 12.2. The molecule has 0 saturated heterocycles. The third-order valence-corrected chi connectivity index (χ3v) is 4.05. The first kappa shape index (κ1) is 14.4. The van der Waals surface area contributed by atoms with Crippen molar-refractivity contribution in [2.75, 3.05) is 7.05 Å². The van der Waals surface area contributed by atoms with Gasteiger partial charge >= 0.3 is 0 Å². The molecule has 112 valence electrons. The van der Waals surface area contributed by atoms with E-state index in [0.29, 0.717) is 17.4 Å². The number of amides is 1. The summed E-state index contributed by atoms with van der Waals surface area (Å²) in [5, 5.41) is 3.33. The van der Waals surface area contributed by atoms with Crippen LogP contribution < -0.4 is 5.56 Å². The number of aryl methyl sites for hydroxylation is 1. The molecule has 0 aliphatic rings. The van der Waals surface area contributed by atoms with Crippen molar-refractivity contribution < 1.29 is 4.79 Å². The Hall–Kier alpha value is -2.54. The lowest BCUT2D eigenvalue weighted by atomic mass is 10.2. The standard InChI is InChI=1S/C15H14N4O2S/c1-9-16-10(8-22-9)7-19(2)15(21)13-17-12-6-4-3-5-11(12)14(20)18-13/h3-6,8H,7H2,1-2H3,(H,17,18,20). The van der Waals surface area contributed by atoms with Gasteiger partial charge in [0.05, 0.1) is 28.1 Å². The summed E-state index contributed by atoms with van der Waals surface area (Å²) < 4.78 is 0. The summed E-state index contributed by atoms with van der Waals surface area (Å²) in [6, 6.07) is 6.94. The van der Waals surface area contributed by atoms with Crippen LogP contribution in [0.3, 0.4) is 0 Å². The fourth-order valence-corrected chi connectivity index (χ4v) is 2.77. The van der Waals surface area contributed by atoms with Gasteiger partial charge in [-0.3, -0.25) is 9.59 Å². The molecule has 0 aliphatic carbocycles. The number of rotatable bonds is 3. The van der Waals surface area contributed by atoms with Crippen molar-refractivity contribution in [1.29, 1.82) is 0 Å². The topological polar surface area (TPSA) is 79.0 Å². The number of carbonyl (C=O) groups excluding carboxylic acids is 1. The van der Waals surface area contributed by atoms with Gasteiger partial charge in [0.25, 0.3) is 11.5 Å². The van der Waals surface area contributed by atoms with Crippen LogP contribution in [0, 0.1) is 6.92 Å². The molecule has 0 radical (unpaired) electrons. The summed E-state index contributed by atoms with van der Waals surface area (Å²) in [5.74, 6) is -0.299. The van der Waals surface area contributed by atoms with Gasteiger partial charge in [-0.25, -0.2) is 9.97 Å². The normalized spacial score (nSPS) is 10.8. The molecule has 7 heteroatoms. The number of hydrogen-bond acceptors (Lipinski definition) is 5. The highest BCUT2D eigenvalue weighted by molar-refractivity contribution is 7.09. The number of H-pyrrole nitrogens is 1. The summed E-state index contributed by atoms with van der Waals surface area (Å²) in [6.45, 7) is 2.29. The van der Waals surface area contributed by atoms with E-state index in [1.807, 2.05) is 12.3 Å². The Morgan fingerprint density at radius 3 is 2.82 bits per heavy atom. The highest BCUT2D eigenvalue weighted by Gasteiger charge is 2.17. The third kappa shape index (κ3) is 2.75. The van der Waals surface area contributed by atoms with E-state index < -0.39 is 0 Å². The number of para-hydroxylation sites is 1. The molecule has 6 nitrogen and oxygen atoms in total. The molecular formula is C15H14N4O2S. The molecule has 0 bridgehead atoms. The van der Waals surface area contributed by atoms with Crippen LogP contribution in [0.15, 0.2) is 34.4 Å². The van der Waals surface area contributed by atoms with Gasteiger partial charge in [-0.1, -0.05) is 12.1 Å². The van der Waals surface area contributed by atoms with Crippen LogP contribution in [-0.2, 0) is 6.54 Å². The van der Waals surface area contributed by atoms with Crippen LogP contribution >= 0.6 is 11.3 Å². The maximum absolute atomic E-state index is 12.4. The average molecular weight is 314 g/mol. The van der Waals surface area contributed by atoms with Crippen LogP contribution in [-0.4, -0.2) is 32.8 Å². The summed E-state index contributed by atoms with van der Waals surface area (Å²) in [5.41, 5.74) is 1.01. The number of nitrogens with zero attached hydrogens (tertiary/aromatic N) is 3. The van der Waals surface area contributed by atoms with Gasteiger partial charge < -0.3 is 9.88 Å². The molecule has 1 amide bonds. The van der Waals surface area contributed by atoms with Crippen LogP contribution in [0.25, 0.3) is 10.9 Å². The Morgan fingerprint density at radius 1 is 1.32 bits per heavy atom. The Bertz CT molecular complexity index is 900. The molecule has 2 aromatic heterocycles. The van der Waals surface area contributed by atoms with Crippen LogP contribution in [0.1, 0.15) is 21.3 Å². The molecule has 3 rings (SSSR count). The van der Waals surface area contributed by atoms with E-state index in [9.17, 15) is 9.59 Å². The Balaban J connectivity index is 1.89. The molecule has 0 aliphatic heterocycles. The maximum atomic E-state index is 12.4. The molecule has 22 heavy (non-hydrogen) atoms. The second-order valence-corrected chi connectivity index (χ2v) is 6.01. The van der Waals surface area contributed by atoms with Crippen molar-refractivity contribution in [3.05, 3.63) is 56.5 Å². The summed E-state index contributed by atoms with van der Waals surface area (Å²) >= 11 is 1.54. The predicted octanol–water partition coefficient (Wildman–Crippen LogP) is 1.96. The lowest BCUT2D eigenvalue weighted by Gasteiger charge is -2.15. The van der Waals surface area contributed by atoms with E-state index in [4.69, 9.17) is 0 Å². The molecule has 0 spiro atoms. The number of carbonyl (C=O) groups is 1. The zero-order valence-corrected chi connectivity index (χ0v) is 13.0. The van der Waals surface area contributed by atoms with Crippen molar-refractivity contribution in [3.8, 4) is 0 Å². The maximum Gasteiger partial charge on any atom is 0.289 e. The molecule has 3 aromatic rings. The van der Waals surface area contributed by atoms with E-state index in [1.165, 1.54) is 16.2 Å². The minimum absolute atomic E-state index is 0.0400. The summed E-state index contributed by atoms with van der Waals surface area (Å²) in [4.78, 5) is 37.0. The van der Waals surface area contributed by atoms with Gasteiger partial charge in [0.15, 0.2) is 5.82 Å². The average Bonchev–Trinajstić information content (AvgIpc) is 2.91. The summed E-state index contributed by atoms with van der Waals surface area (Å²) in [7, 11) is 1.66. The number of hydrogen-bond donors (Lipinski definition) is 1. The van der Waals surface area contributed by atoms with E-state index >= 15 is 0 Å². The van der Waals surface area contributed by atoms with Crippen LogP contribution in [0.5, 0.6) is 0 Å². The van der Waals surface area contributed by atoms with Gasteiger partial charge in [-0.15, -0.1) is 11.3 Å². The van der Waals surface area contributed by atoms with Crippen molar-refractivity contribution >= 4 is 28.1 Å². The number of thiazole rings is 1. The van der Waals surface area contributed by atoms with Gasteiger partial charge in [0.1, 0.15) is 0 Å². The van der Waals surface area contributed by atoms with Gasteiger partial charge in [0.2, 0.25) is 0 Å². The first-order valence-corrected chi connectivity index (χ1v) is 7.58. The van der Waals surface area contributed by atoms with E-state index in [1.54, 1.807) is 31.3 Å². The SMILES string of the molecule is Cc1nc(CN(C)C(=O)c2nc3ccccc3c(=O)[nH]2)cs1. The molecule has 1 N–H and O–H groups in total. The number of benzene rings is 1. The quantitative estimate of drug-likeness (QED) is 0.801. The minimum Gasteiger partial charge on any atom is -0.333 e. The minimum atomic E-state index is -0.339. The zero-order chi connectivity index (χ0) is 15.7. The van der Waals surface area contributed by atoms with Gasteiger partial charge in [0, 0.05) is 12.4 Å². The molecule has 1 aromatic carbocycles. The third-order valence-electron chi connectivity index (χ3n) is 3.23. The lowest BCUT2D eigenvalue weighted by molar-refractivity contribution is 0.0771. The molecule has 0 fully saturated rings. The Morgan fingerprint density at radius 2 is 2.09 bits per heavy atom. The highest BCUT2D eigenvalue weighted by Crippen LogP contribution is 2.11. The van der Waals surface area contributed by atoms with Crippen molar-refractivity contribution in [3.63, 3.8) is 0 Å². The largest absolute Gasteiger partial charge is 0.333 e. The van der Waals surface area contributed by atoms with Crippen molar-refractivity contribution in [2.45, 2.75) is 13.5 Å². The van der Waals surface area contributed by atoms with E-state index in [-0.39, 0.29) is 17.3 Å². The number of fused-ring (bicyclic) bond motifs is 1. The van der Waals surface area contributed by atoms with Crippen molar-refractivity contribution in [2.24, 2.45) is 0 Å². The van der Waals surface area contributed by atoms with Crippen LogP contribution in [0.4, 0.5) is 0 Å². The smallest absolute Gasteiger partial charge is 0.289 e. The van der Waals surface area contributed by atoms with Crippen LogP contribution in [0.2, 0.25) is 0 Å². The molecule has 0 unspecified atom stereocenters. The Kier molecular flexibility index (Phi) is 3.72.